The topological polar surface area (TPSA) is 113 Å². The van der Waals surface area contributed by atoms with Crippen molar-refractivity contribution in [2.24, 2.45) is 5.41 Å². The molecule has 2 atom stereocenters. The molecule has 0 unspecified atom stereocenters. The highest BCUT2D eigenvalue weighted by Crippen LogP contribution is 2.42. The molecule has 2 saturated heterocycles. The molecule has 0 saturated carbocycles. The van der Waals surface area contributed by atoms with Crippen LogP contribution < -0.4 is 4.90 Å². The maximum atomic E-state index is 13.2. The molecule has 0 spiro atoms. The van der Waals surface area contributed by atoms with E-state index in [0.29, 0.717) is 13.1 Å². The molecule has 0 aliphatic carbocycles. The van der Waals surface area contributed by atoms with Crippen LogP contribution >= 0.6 is 0 Å². The van der Waals surface area contributed by atoms with Crippen LogP contribution in [0.4, 0.5) is 5.69 Å². The average molecular weight is 444 g/mol. The highest BCUT2D eigenvalue weighted by molar-refractivity contribution is 5.94. The molecule has 1 aromatic heterocycles. The van der Waals surface area contributed by atoms with Gasteiger partial charge in [-0.25, -0.2) is 4.98 Å². The highest BCUT2D eigenvalue weighted by Gasteiger charge is 2.48. The van der Waals surface area contributed by atoms with Crippen LogP contribution in [0.1, 0.15) is 35.4 Å². The van der Waals surface area contributed by atoms with Gasteiger partial charge in [-0.15, -0.1) is 0 Å². The molecule has 1 amide bonds. The third kappa shape index (κ3) is 5.11. The van der Waals surface area contributed by atoms with E-state index in [4.69, 9.17) is 9.90 Å². The number of rotatable bonds is 5. The first-order valence-electron chi connectivity index (χ1n) is 10.9. The predicted molar refractivity (Wildman–Crippen MR) is 122 cm³/mol. The van der Waals surface area contributed by atoms with Gasteiger partial charge in [0.1, 0.15) is 5.82 Å². The van der Waals surface area contributed by atoms with Crippen LogP contribution in [0.15, 0.2) is 36.7 Å². The van der Waals surface area contributed by atoms with Crippen molar-refractivity contribution in [2.45, 2.75) is 31.8 Å². The fourth-order valence-electron chi connectivity index (χ4n) is 4.90. The van der Waals surface area contributed by atoms with E-state index in [-0.39, 0.29) is 30.4 Å². The van der Waals surface area contributed by atoms with E-state index < -0.39 is 0 Å². The van der Waals surface area contributed by atoms with E-state index in [2.05, 4.69) is 14.9 Å². The van der Waals surface area contributed by atoms with E-state index in [1.165, 1.54) is 0 Å². The minimum atomic E-state index is -0.250. The van der Waals surface area contributed by atoms with E-state index >= 15 is 0 Å². The zero-order chi connectivity index (χ0) is 23.1. The van der Waals surface area contributed by atoms with Crippen molar-refractivity contribution in [2.75, 3.05) is 45.2 Å². The van der Waals surface area contributed by atoms with Crippen molar-refractivity contribution in [1.29, 1.82) is 0 Å². The van der Waals surface area contributed by atoms with Crippen molar-refractivity contribution >= 4 is 18.1 Å². The number of aliphatic hydroxyl groups excluding tert-OH is 1. The lowest BCUT2D eigenvalue weighted by atomic mass is 9.69. The fraction of sp³-hybridized carbons (Fsp3) is 0.522. The minimum Gasteiger partial charge on any atom is -0.483 e. The van der Waals surface area contributed by atoms with Gasteiger partial charge < -0.3 is 25.0 Å². The van der Waals surface area contributed by atoms with Crippen LogP contribution in [0.2, 0.25) is 0 Å². The fourth-order valence-corrected chi connectivity index (χ4v) is 4.90. The number of anilines is 1. The first-order valence-corrected chi connectivity index (χ1v) is 10.9. The SMILES string of the molecule is CN(C)c1ccc(C(=O)N2CC[C@]3(CO)CCCN(Cc4ncc[nH]4)[C@H]3C2)cc1.O=CO. The number of hydrogen-bond donors (Lipinski definition) is 3. The van der Waals surface area contributed by atoms with Crippen molar-refractivity contribution in [3.8, 4) is 0 Å². The Balaban J connectivity index is 0.000000913. The summed E-state index contributed by atoms with van der Waals surface area (Å²) >= 11 is 0. The zero-order valence-electron chi connectivity index (χ0n) is 18.8. The molecule has 0 bridgehead atoms. The normalized spacial score (nSPS) is 23.0. The number of hydrogen-bond acceptors (Lipinski definition) is 6. The van der Waals surface area contributed by atoms with Gasteiger partial charge >= 0.3 is 0 Å². The van der Waals surface area contributed by atoms with Gasteiger partial charge in [-0.3, -0.25) is 14.5 Å². The Morgan fingerprint density at radius 2 is 2.00 bits per heavy atom. The molecule has 174 valence electrons. The number of carbonyl (C=O) groups is 2. The summed E-state index contributed by atoms with van der Waals surface area (Å²) < 4.78 is 0. The maximum absolute atomic E-state index is 13.2. The molecule has 4 rings (SSSR count). The second-order valence-electron chi connectivity index (χ2n) is 8.69. The predicted octanol–water partition coefficient (Wildman–Crippen LogP) is 1.67. The molecule has 2 aromatic rings. The van der Waals surface area contributed by atoms with Crippen LogP contribution in [-0.4, -0.2) is 88.7 Å². The maximum Gasteiger partial charge on any atom is 0.290 e. The van der Waals surface area contributed by atoms with Crippen LogP contribution in [0.25, 0.3) is 0 Å². The summed E-state index contributed by atoms with van der Waals surface area (Å²) in [6.45, 7) is 2.95. The minimum absolute atomic E-state index is 0.0744. The Morgan fingerprint density at radius 3 is 2.59 bits per heavy atom. The Bertz CT molecular complexity index is 871. The molecule has 1 aromatic carbocycles. The van der Waals surface area contributed by atoms with Crippen LogP contribution in [0, 0.1) is 5.41 Å². The molecule has 32 heavy (non-hydrogen) atoms. The first-order chi connectivity index (χ1) is 15.4. The average Bonchev–Trinajstić information content (AvgIpc) is 3.32. The summed E-state index contributed by atoms with van der Waals surface area (Å²) in [7, 11) is 3.99. The summed E-state index contributed by atoms with van der Waals surface area (Å²) in [6, 6.07) is 7.93. The Kier molecular flexibility index (Phi) is 7.87. The van der Waals surface area contributed by atoms with Crippen LogP contribution in [0.3, 0.4) is 0 Å². The number of fused-ring (bicyclic) bond motifs is 1. The summed E-state index contributed by atoms with van der Waals surface area (Å²) in [5, 5.41) is 17.2. The van der Waals surface area contributed by atoms with E-state index in [1.54, 1.807) is 6.20 Å². The number of nitrogens with zero attached hydrogens (tertiary/aromatic N) is 4. The number of amides is 1. The number of carbonyl (C=O) groups excluding carboxylic acids is 1. The third-order valence-corrected chi connectivity index (χ3v) is 6.68. The standard InChI is InChI=1S/C22H31N5O2.CH2O2/c1-25(2)18-6-4-17(5-7-18)21(29)27-13-9-22(16-28)8-3-12-26(19(22)14-27)15-20-23-10-11-24-20;2-1-3/h4-7,10-11,19,28H,3,8-9,12-16H2,1-2H3,(H,23,24);1H,(H,2,3)/t19-,22-;/m0./s1. The zero-order valence-corrected chi connectivity index (χ0v) is 18.8. The molecule has 3 heterocycles. The van der Waals surface area contributed by atoms with Crippen molar-refractivity contribution in [3.63, 3.8) is 0 Å². The summed E-state index contributed by atoms with van der Waals surface area (Å²) in [5.74, 6) is 1.01. The lowest BCUT2D eigenvalue weighted by molar-refractivity contribution is -0.122. The van der Waals surface area contributed by atoms with E-state index in [1.807, 2.05) is 54.4 Å². The largest absolute Gasteiger partial charge is 0.483 e. The van der Waals surface area contributed by atoms with Crippen molar-refractivity contribution in [3.05, 3.63) is 48.0 Å². The number of piperidine rings is 2. The summed E-state index contributed by atoms with van der Waals surface area (Å²) in [4.78, 5) is 35.5. The number of benzene rings is 1. The van der Waals surface area contributed by atoms with E-state index in [0.717, 1.165) is 49.4 Å². The number of likely N-dealkylation sites (tertiary alicyclic amines) is 2. The number of carboxylic acid groups (broad SMARTS) is 1. The molecule has 2 fully saturated rings. The Morgan fingerprint density at radius 1 is 1.28 bits per heavy atom. The van der Waals surface area contributed by atoms with Gasteiger partial charge in [0.25, 0.3) is 12.4 Å². The van der Waals surface area contributed by atoms with Crippen molar-refractivity contribution in [1.82, 2.24) is 19.8 Å². The van der Waals surface area contributed by atoms with Gasteiger partial charge in [-0.1, -0.05) is 0 Å². The molecule has 3 N–H and O–H groups in total. The van der Waals surface area contributed by atoms with Gasteiger partial charge in [0.2, 0.25) is 0 Å². The van der Waals surface area contributed by atoms with Crippen molar-refractivity contribution < 1.29 is 19.8 Å². The molecule has 2 aliphatic heterocycles. The van der Waals surface area contributed by atoms with E-state index in [9.17, 15) is 9.90 Å². The summed E-state index contributed by atoms with van der Waals surface area (Å²) in [6.07, 6.45) is 6.53. The summed E-state index contributed by atoms with van der Waals surface area (Å²) in [5.41, 5.74) is 1.67. The molecule has 0 radical (unpaired) electrons. The Labute approximate surface area is 188 Å². The number of H-pyrrole nitrogens is 1. The first kappa shape index (κ1) is 23.7. The smallest absolute Gasteiger partial charge is 0.290 e. The van der Waals surface area contributed by atoms with Gasteiger partial charge in [-0.2, -0.15) is 0 Å². The Hall–Kier alpha value is -2.91. The van der Waals surface area contributed by atoms with Gasteiger partial charge in [-0.05, 0) is 50.1 Å². The number of imidazole rings is 1. The molecule has 2 aliphatic rings. The number of aromatic amines is 1. The molecular formula is C23H33N5O4. The third-order valence-electron chi connectivity index (χ3n) is 6.68. The monoisotopic (exact) mass is 443 g/mol. The molecule has 9 heteroatoms. The quantitative estimate of drug-likeness (QED) is 0.603. The number of aromatic nitrogens is 2. The number of aliphatic hydroxyl groups is 1. The number of nitrogens with one attached hydrogen (secondary N) is 1. The van der Waals surface area contributed by atoms with Gasteiger partial charge in [0.15, 0.2) is 0 Å². The van der Waals surface area contributed by atoms with Gasteiger partial charge in [0, 0.05) is 62.3 Å². The van der Waals surface area contributed by atoms with Crippen LogP contribution in [-0.2, 0) is 11.3 Å². The van der Waals surface area contributed by atoms with Gasteiger partial charge in [0.05, 0.1) is 13.2 Å². The second kappa shape index (κ2) is 10.6. The lowest BCUT2D eigenvalue weighted by Gasteiger charge is -2.54. The molecule has 9 nitrogen and oxygen atoms in total. The molecular weight excluding hydrogens is 410 g/mol. The lowest BCUT2D eigenvalue weighted by Crippen LogP contribution is -2.63. The van der Waals surface area contributed by atoms with Crippen LogP contribution in [0.5, 0.6) is 0 Å². The highest BCUT2D eigenvalue weighted by atomic mass is 16.3. The second-order valence-corrected chi connectivity index (χ2v) is 8.69.